The van der Waals surface area contributed by atoms with Crippen LogP contribution in [0.5, 0.6) is 0 Å². The lowest BCUT2D eigenvalue weighted by atomic mass is 9.65. The largest absolute Gasteiger partial charge is 0.319 e. The van der Waals surface area contributed by atoms with Gasteiger partial charge >= 0.3 is 0 Å². The SMILES string of the molecule is CNCC1(c2ncccc2C)CCC1. The molecule has 14 heavy (non-hydrogen) atoms. The quantitative estimate of drug-likeness (QED) is 0.789. The molecule has 1 aliphatic carbocycles. The molecule has 0 radical (unpaired) electrons. The van der Waals surface area contributed by atoms with E-state index in [2.05, 4.69) is 23.3 Å². The molecule has 0 atom stereocenters. The Kier molecular flexibility index (Phi) is 2.55. The van der Waals surface area contributed by atoms with E-state index in [4.69, 9.17) is 0 Å². The Balaban J connectivity index is 2.32. The van der Waals surface area contributed by atoms with Crippen LogP contribution in [0.15, 0.2) is 18.3 Å². The van der Waals surface area contributed by atoms with Crippen molar-refractivity contribution in [3.8, 4) is 0 Å². The molecule has 0 spiro atoms. The van der Waals surface area contributed by atoms with Gasteiger partial charge in [-0.25, -0.2) is 0 Å². The average Bonchev–Trinajstić information content (AvgIpc) is 2.13. The van der Waals surface area contributed by atoms with Crippen LogP contribution in [0.1, 0.15) is 30.5 Å². The second-order valence-corrected chi connectivity index (χ2v) is 4.33. The third-order valence-electron chi connectivity index (χ3n) is 3.34. The minimum atomic E-state index is 0.333. The van der Waals surface area contributed by atoms with Crippen LogP contribution >= 0.6 is 0 Å². The molecular formula is C12H18N2. The van der Waals surface area contributed by atoms with Crippen molar-refractivity contribution in [2.24, 2.45) is 0 Å². The number of aryl methyl sites for hydroxylation is 1. The van der Waals surface area contributed by atoms with Crippen LogP contribution in [0, 0.1) is 6.92 Å². The van der Waals surface area contributed by atoms with Crippen LogP contribution < -0.4 is 5.32 Å². The molecule has 1 aromatic heterocycles. The number of nitrogens with one attached hydrogen (secondary N) is 1. The Morgan fingerprint density at radius 2 is 2.29 bits per heavy atom. The smallest absolute Gasteiger partial charge is 0.0507 e. The van der Waals surface area contributed by atoms with E-state index >= 15 is 0 Å². The second kappa shape index (κ2) is 3.70. The van der Waals surface area contributed by atoms with Crippen molar-refractivity contribution in [3.63, 3.8) is 0 Å². The third kappa shape index (κ3) is 1.44. The number of hydrogen-bond donors (Lipinski definition) is 1. The number of pyridine rings is 1. The molecule has 1 N–H and O–H groups in total. The van der Waals surface area contributed by atoms with Gasteiger partial charge in [-0.2, -0.15) is 0 Å². The van der Waals surface area contributed by atoms with E-state index in [9.17, 15) is 0 Å². The van der Waals surface area contributed by atoms with E-state index in [1.807, 2.05) is 19.3 Å². The Labute approximate surface area is 85.7 Å². The van der Waals surface area contributed by atoms with E-state index in [1.165, 1.54) is 30.5 Å². The van der Waals surface area contributed by atoms with E-state index < -0.39 is 0 Å². The zero-order valence-corrected chi connectivity index (χ0v) is 9.01. The molecule has 1 heterocycles. The van der Waals surface area contributed by atoms with E-state index in [1.54, 1.807) is 0 Å². The van der Waals surface area contributed by atoms with Crippen molar-refractivity contribution < 1.29 is 0 Å². The summed E-state index contributed by atoms with van der Waals surface area (Å²) in [7, 11) is 2.03. The molecule has 0 amide bonds. The third-order valence-corrected chi connectivity index (χ3v) is 3.34. The Hall–Kier alpha value is -0.890. The van der Waals surface area contributed by atoms with E-state index in [0.29, 0.717) is 5.41 Å². The zero-order valence-electron chi connectivity index (χ0n) is 9.01. The maximum absolute atomic E-state index is 4.55. The van der Waals surface area contributed by atoms with Crippen LogP contribution in [-0.4, -0.2) is 18.6 Å². The highest BCUT2D eigenvalue weighted by atomic mass is 14.9. The van der Waals surface area contributed by atoms with Gasteiger partial charge in [0.1, 0.15) is 0 Å². The lowest BCUT2D eigenvalue weighted by molar-refractivity contribution is 0.231. The van der Waals surface area contributed by atoms with Crippen LogP contribution in [0.4, 0.5) is 0 Å². The molecule has 2 rings (SSSR count). The van der Waals surface area contributed by atoms with Gasteiger partial charge in [0.2, 0.25) is 0 Å². The van der Waals surface area contributed by atoms with Gasteiger partial charge in [-0.15, -0.1) is 0 Å². The molecule has 1 fully saturated rings. The van der Waals surface area contributed by atoms with Crippen molar-refractivity contribution in [2.45, 2.75) is 31.6 Å². The first-order chi connectivity index (χ1) is 6.78. The molecule has 0 aliphatic heterocycles. The number of rotatable bonds is 3. The first-order valence-electron chi connectivity index (χ1n) is 5.35. The summed E-state index contributed by atoms with van der Waals surface area (Å²) in [6, 6.07) is 4.18. The molecule has 0 aromatic carbocycles. The molecule has 2 nitrogen and oxygen atoms in total. The number of hydrogen-bond acceptors (Lipinski definition) is 2. The fraction of sp³-hybridized carbons (Fsp3) is 0.583. The second-order valence-electron chi connectivity index (χ2n) is 4.33. The molecule has 76 valence electrons. The summed E-state index contributed by atoms with van der Waals surface area (Å²) in [6.45, 7) is 3.23. The van der Waals surface area contributed by atoms with Gasteiger partial charge in [0.05, 0.1) is 5.69 Å². The van der Waals surface area contributed by atoms with Crippen molar-refractivity contribution in [1.29, 1.82) is 0 Å². The van der Waals surface area contributed by atoms with Crippen molar-refractivity contribution in [2.75, 3.05) is 13.6 Å². The Morgan fingerprint density at radius 3 is 2.79 bits per heavy atom. The predicted molar refractivity (Wildman–Crippen MR) is 58.4 cm³/mol. The molecule has 1 saturated carbocycles. The van der Waals surface area contributed by atoms with Crippen molar-refractivity contribution >= 4 is 0 Å². The van der Waals surface area contributed by atoms with Gasteiger partial charge in [0, 0.05) is 18.2 Å². The minimum Gasteiger partial charge on any atom is -0.319 e. The maximum Gasteiger partial charge on any atom is 0.0507 e. The minimum absolute atomic E-state index is 0.333. The summed E-state index contributed by atoms with van der Waals surface area (Å²) in [6.07, 6.45) is 5.83. The maximum atomic E-state index is 4.55. The van der Waals surface area contributed by atoms with Crippen LogP contribution in [0.2, 0.25) is 0 Å². The molecule has 0 saturated heterocycles. The highest BCUT2D eigenvalue weighted by molar-refractivity contribution is 5.29. The fourth-order valence-electron chi connectivity index (χ4n) is 2.48. The number of nitrogens with zero attached hydrogens (tertiary/aromatic N) is 1. The fourth-order valence-corrected chi connectivity index (χ4v) is 2.48. The first kappa shape index (κ1) is 9.66. The molecule has 1 aromatic rings. The molecule has 2 heteroatoms. The van der Waals surface area contributed by atoms with Crippen molar-refractivity contribution in [1.82, 2.24) is 10.3 Å². The van der Waals surface area contributed by atoms with Crippen molar-refractivity contribution in [3.05, 3.63) is 29.6 Å². The number of aromatic nitrogens is 1. The topological polar surface area (TPSA) is 24.9 Å². The van der Waals surface area contributed by atoms with Gasteiger partial charge in [-0.05, 0) is 38.4 Å². The van der Waals surface area contributed by atoms with Gasteiger partial charge in [0.25, 0.3) is 0 Å². The first-order valence-corrected chi connectivity index (χ1v) is 5.35. The lowest BCUT2D eigenvalue weighted by Crippen LogP contribution is -2.44. The molecule has 0 unspecified atom stereocenters. The highest BCUT2D eigenvalue weighted by Crippen LogP contribution is 2.43. The lowest BCUT2D eigenvalue weighted by Gasteiger charge is -2.42. The van der Waals surface area contributed by atoms with Gasteiger partial charge in [-0.3, -0.25) is 4.98 Å². The predicted octanol–water partition coefficient (Wildman–Crippen LogP) is 2.03. The van der Waals surface area contributed by atoms with Gasteiger partial charge in [-0.1, -0.05) is 12.5 Å². The molecule has 0 bridgehead atoms. The average molecular weight is 190 g/mol. The summed E-state index contributed by atoms with van der Waals surface area (Å²) in [5.74, 6) is 0. The molecule has 1 aliphatic rings. The highest BCUT2D eigenvalue weighted by Gasteiger charge is 2.39. The molecular weight excluding hydrogens is 172 g/mol. The van der Waals surface area contributed by atoms with Gasteiger partial charge in [0.15, 0.2) is 0 Å². The van der Waals surface area contributed by atoms with Gasteiger partial charge < -0.3 is 5.32 Å². The zero-order chi connectivity index (χ0) is 10.0. The summed E-state index contributed by atoms with van der Waals surface area (Å²) in [4.78, 5) is 4.55. The standard InChI is InChI=1S/C12H18N2/c1-10-5-3-8-14-11(10)12(9-13-2)6-4-7-12/h3,5,8,13H,4,6-7,9H2,1-2H3. The summed E-state index contributed by atoms with van der Waals surface area (Å²) in [5, 5.41) is 3.30. The monoisotopic (exact) mass is 190 g/mol. The summed E-state index contributed by atoms with van der Waals surface area (Å²) in [5.41, 5.74) is 2.98. The van der Waals surface area contributed by atoms with E-state index in [-0.39, 0.29) is 0 Å². The Bertz CT molecular complexity index is 316. The Morgan fingerprint density at radius 1 is 1.50 bits per heavy atom. The van der Waals surface area contributed by atoms with Crippen LogP contribution in [0.3, 0.4) is 0 Å². The summed E-state index contributed by atoms with van der Waals surface area (Å²) < 4.78 is 0. The summed E-state index contributed by atoms with van der Waals surface area (Å²) >= 11 is 0. The van der Waals surface area contributed by atoms with Crippen LogP contribution in [-0.2, 0) is 5.41 Å². The number of likely N-dealkylation sites (N-methyl/N-ethyl adjacent to an activating group) is 1. The van der Waals surface area contributed by atoms with E-state index in [0.717, 1.165) is 6.54 Å². The normalized spacial score (nSPS) is 19.0. The van der Waals surface area contributed by atoms with Crippen LogP contribution in [0.25, 0.3) is 0 Å².